The normalized spacial score (nSPS) is 15.1. The van der Waals surface area contributed by atoms with Crippen molar-refractivity contribution in [1.82, 2.24) is 4.90 Å². The monoisotopic (exact) mass is 431 g/mol. The van der Waals surface area contributed by atoms with Crippen molar-refractivity contribution in [3.63, 3.8) is 0 Å². The number of carbonyl (C=O) groups excluding carboxylic acids is 1. The lowest BCUT2D eigenvalue weighted by Crippen LogP contribution is -2.27. The molecule has 1 saturated heterocycles. The van der Waals surface area contributed by atoms with Gasteiger partial charge in [-0.15, -0.1) is 0 Å². The molecule has 0 saturated carbocycles. The van der Waals surface area contributed by atoms with E-state index >= 15 is 0 Å². The minimum atomic E-state index is -0.0463. The van der Waals surface area contributed by atoms with Gasteiger partial charge in [-0.05, 0) is 41.8 Å². The van der Waals surface area contributed by atoms with Gasteiger partial charge in [0.1, 0.15) is 16.7 Å². The lowest BCUT2D eigenvalue weighted by Gasteiger charge is -2.14. The van der Waals surface area contributed by atoms with Crippen LogP contribution in [0.15, 0.2) is 83.8 Å². The van der Waals surface area contributed by atoms with E-state index in [9.17, 15) is 4.79 Å². The molecule has 0 spiro atoms. The zero-order valence-corrected chi connectivity index (χ0v) is 18.2. The van der Waals surface area contributed by atoms with Crippen molar-refractivity contribution in [3.8, 4) is 5.75 Å². The number of hydrogen-bond donors (Lipinski definition) is 0. The summed E-state index contributed by atoms with van der Waals surface area (Å²) in [5.41, 5.74) is 4.33. The maximum absolute atomic E-state index is 12.8. The van der Waals surface area contributed by atoms with E-state index in [2.05, 4.69) is 0 Å². The Bertz CT molecular complexity index is 1070. The summed E-state index contributed by atoms with van der Waals surface area (Å²) >= 11 is 6.79. The number of aryl methyl sites for hydroxylation is 1. The van der Waals surface area contributed by atoms with E-state index in [1.54, 1.807) is 4.90 Å². The first-order valence-corrected chi connectivity index (χ1v) is 10.9. The molecule has 1 amide bonds. The SMILES string of the molecule is Cc1ccc(CN2C(=O)C(=Cc3ccc(OCc4ccccc4)cc3)SC2=S)cc1. The molecule has 3 aromatic carbocycles. The molecule has 30 heavy (non-hydrogen) atoms. The molecule has 1 heterocycles. The number of rotatable bonds is 6. The van der Waals surface area contributed by atoms with Gasteiger partial charge in [0.15, 0.2) is 0 Å². The third-order valence-electron chi connectivity index (χ3n) is 4.76. The number of hydrogen-bond acceptors (Lipinski definition) is 4. The number of nitrogens with zero attached hydrogens (tertiary/aromatic N) is 1. The van der Waals surface area contributed by atoms with Gasteiger partial charge in [-0.25, -0.2) is 0 Å². The van der Waals surface area contributed by atoms with Crippen LogP contribution >= 0.6 is 24.0 Å². The van der Waals surface area contributed by atoms with Crippen molar-refractivity contribution in [1.29, 1.82) is 0 Å². The van der Waals surface area contributed by atoms with E-state index < -0.39 is 0 Å². The fourth-order valence-electron chi connectivity index (χ4n) is 3.06. The molecular formula is C25H21NO2S2. The van der Waals surface area contributed by atoms with Crippen molar-refractivity contribution in [2.45, 2.75) is 20.1 Å². The third kappa shape index (κ3) is 4.99. The largest absolute Gasteiger partial charge is 0.489 e. The Labute approximate surface area is 186 Å². The Morgan fingerprint density at radius 3 is 2.33 bits per heavy atom. The Balaban J connectivity index is 1.41. The van der Waals surface area contributed by atoms with Gasteiger partial charge in [-0.2, -0.15) is 0 Å². The fraction of sp³-hybridized carbons (Fsp3) is 0.120. The summed E-state index contributed by atoms with van der Waals surface area (Å²) in [7, 11) is 0. The van der Waals surface area contributed by atoms with Gasteiger partial charge in [-0.3, -0.25) is 9.69 Å². The van der Waals surface area contributed by atoms with Crippen LogP contribution in [0.4, 0.5) is 0 Å². The van der Waals surface area contributed by atoms with E-state index in [0.29, 0.717) is 22.4 Å². The minimum absolute atomic E-state index is 0.0463. The van der Waals surface area contributed by atoms with Crippen molar-refractivity contribution in [2.75, 3.05) is 0 Å². The molecule has 0 unspecified atom stereocenters. The van der Waals surface area contributed by atoms with E-state index in [4.69, 9.17) is 17.0 Å². The molecule has 0 bridgehead atoms. The van der Waals surface area contributed by atoms with Crippen LogP contribution in [-0.2, 0) is 17.9 Å². The van der Waals surface area contributed by atoms with Gasteiger partial charge in [0, 0.05) is 0 Å². The molecule has 1 aliphatic rings. The summed E-state index contributed by atoms with van der Waals surface area (Å²) in [6, 6.07) is 25.9. The summed E-state index contributed by atoms with van der Waals surface area (Å²) in [4.78, 5) is 15.1. The van der Waals surface area contributed by atoms with Crippen LogP contribution in [-0.4, -0.2) is 15.1 Å². The summed E-state index contributed by atoms with van der Waals surface area (Å²) in [5, 5.41) is 0. The topological polar surface area (TPSA) is 29.5 Å². The lowest BCUT2D eigenvalue weighted by atomic mass is 10.1. The molecule has 3 aromatic rings. The Morgan fingerprint density at radius 2 is 1.63 bits per heavy atom. The van der Waals surface area contributed by atoms with Crippen LogP contribution in [0.25, 0.3) is 6.08 Å². The number of benzene rings is 3. The Hall–Kier alpha value is -2.89. The zero-order chi connectivity index (χ0) is 20.9. The highest BCUT2D eigenvalue weighted by molar-refractivity contribution is 8.26. The van der Waals surface area contributed by atoms with Crippen LogP contribution in [0.1, 0.15) is 22.3 Å². The minimum Gasteiger partial charge on any atom is -0.489 e. The van der Waals surface area contributed by atoms with Crippen molar-refractivity contribution in [3.05, 3.63) is 106 Å². The lowest BCUT2D eigenvalue weighted by molar-refractivity contribution is -0.122. The predicted octanol–water partition coefficient (Wildman–Crippen LogP) is 5.98. The smallest absolute Gasteiger partial charge is 0.266 e. The average Bonchev–Trinajstić information content (AvgIpc) is 3.03. The molecule has 0 N–H and O–H groups in total. The first-order chi connectivity index (χ1) is 14.6. The van der Waals surface area contributed by atoms with Gasteiger partial charge in [0.05, 0.1) is 11.4 Å². The highest BCUT2D eigenvalue weighted by Gasteiger charge is 2.31. The van der Waals surface area contributed by atoms with Crippen molar-refractivity contribution < 1.29 is 9.53 Å². The highest BCUT2D eigenvalue weighted by Crippen LogP contribution is 2.33. The molecule has 0 radical (unpaired) electrons. The molecule has 1 fully saturated rings. The summed E-state index contributed by atoms with van der Waals surface area (Å²) in [6.07, 6.45) is 1.88. The molecule has 150 valence electrons. The van der Waals surface area contributed by atoms with Crippen LogP contribution in [0.2, 0.25) is 0 Å². The van der Waals surface area contributed by atoms with Gasteiger partial charge < -0.3 is 4.74 Å². The second kappa shape index (κ2) is 9.28. The van der Waals surface area contributed by atoms with E-state index in [0.717, 1.165) is 22.4 Å². The second-order valence-electron chi connectivity index (χ2n) is 7.10. The first-order valence-electron chi connectivity index (χ1n) is 9.66. The Kier molecular flexibility index (Phi) is 6.31. The standard InChI is InChI=1S/C25H21NO2S2/c1-18-7-9-20(10-8-18)16-26-24(27)23(30-25(26)29)15-19-11-13-22(14-12-19)28-17-21-5-3-2-4-6-21/h2-15H,16-17H2,1H3. The number of thiocarbonyl (C=S) groups is 1. The van der Waals surface area contributed by atoms with Gasteiger partial charge in [0.25, 0.3) is 5.91 Å². The summed E-state index contributed by atoms with van der Waals surface area (Å²) in [6.45, 7) is 3.07. The Morgan fingerprint density at radius 1 is 0.933 bits per heavy atom. The number of ether oxygens (including phenoxy) is 1. The van der Waals surface area contributed by atoms with Crippen LogP contribution in [0.3, 0.4) is 0 Å². The predicted molar refractivity (Wildman–Crippen MR) is 127 cm³/mol. The maximum atomic E-state index is 12.8. The van der Waals surface area contributed by atoms with Crippen molar-refractivity contribution in [2.24, 2.45) is 0 Å². The quantitative estimate of drug-likeness (QED) is 0.355. The molecule has 4 rings (SSSR count). The van der Waals surface area contributed by atoms with E-state index in [1.165, 1.54) is 17.3 Å². The molecule has 3 nitrogen and oxygen atoms in total. The summed E-state index contributed by atoms with van der Waals surface area (Å²) < 4.78 is 6.42. The molecule has 5 heteroatoms. The number of thioether (sulfide) groups is 1. The van der Waals surface area contributed by atoms with E-state index in [-0.39, 0.29) is 5.91 Å². The maximum Gasteiger partial charge on any atom is 0.266 e. The van der Waals surface area contributed by atoms with Crippen LogP contribution in [0.5, 0.6) is 5.75 Å². The average molecular weight is 432 g/mol. The molecule has 0 aromatic heterocycles. The van der Waals surface area contributed by atoms with Crippen LogP contribution < -0.4 is 4.74 Å². The van der Waals surface area contributed by atoms with Crippen molar-refractivity contribution >= 4 is 40.3 Å². The fourth-order valence-corrected chi connectivity index (χ4v) is 4.32. The zero-order valence-electron chi connectivity index (χ0n) is 16.6. The number of carbonyl (C=O) groups is 1. The highest BCUT2D eigenvalue weighted by atomic mass is 32.2. The van der Waals surface area contributed by atoms with Gasteiger partial charge in [-0.1, -0.05) is 96.3 Å². The van der Waals surface area contributed by atoms with Crippen LogP contribution in [0, 0.1) is 6.92 Å². The first kappa shape index (κ1) is 20.4. The third-order valence-corrected chi connectivity index (χ3v) is 6.14. The summed E-state index contributed by atoms with van der Waals surface area (Å²) in [5.74, 6) is 0.748. The number of amides is 1. The van der Waals surface area contributed by atoms with Gasteiger partial charge in [0.2, 0.25) is 0 Å². The van der Waals surface area contributed by atoms with Gasteiger partial charge >= 0.3 is 0 Å². The van der Waals surface area contributed by atoms with E-state index in [1.807, 2.05) is 91.9 Å². The molecule has 1 aliphatic heterocycles. The molecular weight excluding hydrogens is 410 g/mol. The molecule has 0 aliphatic carbocycles. The molecule has 0 atom stereocenters. The second-order valence-corrected chi connectivity index (χ2v) is 8.77.